The molecule has 0 amide bonds. The monoisotopic (exact) mass is 115 g/mol. The third kappa shape index (κ3) is 0.983. The number of allylic oxidation sites excluding steroid dienone is 2. The molecule has 0 aromatic heterocycles. The lowest BCUT2D eigenvalue weighted by atomic mass is 10.1. The second-order valence-electron chi connectivity index (χ2n) is 1.50. The van der Waals surface area contributed by atoms with Crippen LogP contribution in [0.5, 0.6) is 0 Å². The quantitative estimate of drug-likeness (QED) is 0.465. The van der Waals surface area contributed by atoms with E-state index >= 15 is 0 Å². The zero-order valence-corrected chi connectivity index (χ0v) is 4.99. The Morgan fingerprint density at radius 1 is 1.86 bits per heavy atom. The minimum absolute atomic E-state index is 0.718. The summed E-state index contributed by atoms with van der Waals surface area (Å²) in [6.45, 7) is 0. The van der Waals surface area contributed by atoms with Crippen molar-refractivity contribution in [3.8, 4) is 0 Å². The molecule has 7 heavy (non-hydrogen) atoms. The van der Waals surface area contributed by atoms with E-state index in [1.807, 2.05) is 12.5 Å². The molecule has 1 unspecified atom stereocenters. The van der Waals surface area contributed by atoms with E-state index in [-0.39, 0.29) is 0 Å². The van der Waals surface area contributed by atoms with E-state index in [9.17, 15) is 4.55 Å². The molecule has 0 fully saturated rings. The lowest BCUT2D eigenvalue weighted by Gasteiger charge is -2.12. The second-order valence-corrected chi connectivity index (χ2v) is 2.88. The molecule has 0 N–H and O–H groups in total. The zero-order valence-electron chi connectivity index (χ0n) is 4.18. The average Bonchev–Trinajstić information content (AvgIpc) is 1.23. The van der Waals surface area contributed by atoms with Crippen molar-refractivity contribution in [2.24, 2.45) is 0 Å². The zero-order chi connectivity index (χ0) is 5.28. The summed E-state index contributed by atoms with van der Waals surface area (Å²) >= 11 is -0.718. The van der Waals surface area contributed by atoms with Crippen LogP contribution >= 0.6 is 0 Å². The van der Waals surface area contributed by atoms with Crippen LogP contribution in [0.2, 0.25) is 0 Å². The maximum absolute atomic E-state index is 10.4. The minimum atomic E-state index is -0.718. The predicted molar refractivity (Wildman–Crippen MR) is 31.1 cm³/mol. The molecule has 0 aliphatic heterocycles. The molecule has 0 bridgehead atoms. The van der Waals surface area contributed by atoms with Gasteiger partial charge >= 0.3 is 0 Å². The maximum Gasteiger partial charge on any atom is 0.129 e. The summed E-state index contributed by atoms with van der Waals surface area (Å²) in [7, 11) is 0. The SMILES string of the molecule is C[S+]([O-])C1=CC[CH]1. The number of hydrogen-bond donors (Lipinski definition) is 0. The van der Waals surface area contributed by atoms with Gasteiger partial charge in [0.1, 0.15) is 11.2 Å². The average molecular weight is 115 g/mol. The highest BCUT2D eigenvalue weighted by Crippen LogP contribution is 2.20. The molecule has 0 heterocycles. The third-order valence-electron chi connectivity index (χ3n) is 0.970. The van der Waals surface area contributed by atoms with Crippen molar-refractivity contribution in [1.82, 2.24) is 0 Å². The molecule has 0 saturated heterocycles. The number of rotatable bonds is 1. The highest BCUT2D eigenvalue weighted by molar-refractivity contribution is 7.94. The van der Waals surface area contributed by atoms with Gasteiger partial charge in [-0.3, -0.25) is 0 Å². The van der Waals surface area contributed by atoms with E-state index in [4.69, 9.17) is 0 Å². The fourth-order valence-corrected chi connectivity index (χ4v) is 1.11. The van der Waals surface area contributed by atoms with Gasteiger partial charge in [-0.05, 0) is 23.7 Å². The summed E-state index contributed by atoms with van der Waals surface area (Å²) in [6.07, 6.45) is 6.67. The third-order valence-corrected chi connectivity index (χ3v) is 1.97. The fraction of sp³-hybridized carbons (Fsp3) is 0.400. The van der Waals surface area contributed by atoms with E-state index in [0.717, 1.165) is 11.3 Å². The molecule has 1 radical (unpaired) electrons. The van der Waals surface area contributed by atoms with Crippen molar-refractivity contribution in [3.63, 3.8) is 0 Å². The molecule has 1 aliphatic carbocycles. The van der Waals surface area contributed by atoms with Crippen molar-refractivity contribution in [2.45, 2.75) is 6.42 Å². The van der Waals surface area contributed by atoms with Crippen molar-refractivity contribution < 1.29 is 4.55 Å². The molecule has 0 saturated carbocycles. The van der Waals surface area contributed by atoms with Crippen LogP contribution in [0.4, 0.5) is 0 Å². The van der Waals surface area contributed by atoms with Crippen LogP contribution in [0.15, 0.2) is 11.0 Å². The predicted octanol–water partition coefficient (Wildman–Crippen LogP) is 0.857. The van der Waals surface area contributed by atoms with Crippen LogP contribution in [-0.2, 0) is 11.2 Å². The lowest BCUT2D eigenvalue weighted by molar-refractivity contribution is 0.605. The van der Waals surface area contributed by atoms with Crippen LogP contribution in [-0.4, -0.2) is 10.8 Å². The van der Waals surface area contributed by atoms with Gasteiger partial charge in [-0.25, -0.2) is 0 Å². The molecule has 2 heteroatoms. The molecular formula is C5H7OS. The molecule has 0 spiro atoms. The normalized spacial score (nSPS) is 22.9. The van der Waals surface area contributed by atoms with Gasteiger partial charge < -0.3 is 4.55 Å². The molecular weight excluding hydrogens is 108 g/mol. The molecule has 1 atom stereocenters. The van der Waals surface area contributed by atoms with Gasteiger partial charge in [-0.15, -0.1) is 0 Å². The van der Waals surface area contributed by atoms with Crippen LogP contribution < -0.4 is 0 Å². The van der Waals surface area contributed by atoms with Gasteiger partial charge in [-0.1, -0.05) is 0 Å². The summed E-state index contributed by atoms with van der Waals surface area (Å²) in [5.74, 6) is 0. The van der Waals surface area contributed by atoms with Crippen molar-refractivity contribution in [2.75, 3.05) is 6.26 Å². The summed E-state index contributed by atoms with van der Waals surface area (Å²) in [6, 6.07) is 0. The standard InChI is InChI=1S/C5H7OS/c1-7(6)5-3-2-4-5/h3-4H,2H2,1H3. The maximum atomic E-state index is 10.4. The van der Waals surface area contributed by atoms with Gasteiger partial charge in [0.05, 0.1) is 0 Å². The van der Waals surface area contributed by atoms with E-state index < -0.39 is 11.2 Å². The first-order valence-electron chi connectivity index (χ1n) is 2.17. The van der Waals surface area contributed by atoms with Crippen molar-refractivity contribution in [1.29, 1.82) is 0 Å². The Morgan fingerprint density at radius 2 is 2.43 bits per heavy atom. The molecule has 1 nitrogen and oxygen atoms in total. The summed E-state index contributed by atoms with van der Waals surface area (Å²) in [5.41, 5.74) is 0. The Bertz CT molecular complexity index is 96.3. The first-order chi connectivity index (χ1) is 3.30. The minimum Gasteiger partial charge on any atom is -0.612 e. The largest absolute Gasteiger partial charge is 0.612 e. The summed E-state index contributed by atoms with van der Waals surface area (Å²) in [5, 5.41) is 0. The number of hydrogen-bond acceptors (Lipinski definition) is 1. The smallest absolute Gasteiger partial charge is 0.129 e. The van der Waals surface area contributed by atoms with Crippen LogP contribution in [0.25, 0.3) is 0 Å². The Hall–Kier alpha value is 0.0500. The fourth-order valence-electron chi connectivity index (χ4n) is 0.449. The first kappa shape index (κ1) is 5.19. The Kier molecular flexibility index (Phi) is 1.40. The Balaban J connectivity index is 2.40. The van der Waals surface area contributed by atoms with Crippen LogP contribution in [0, 0.1) is 6.42 Å². The summed E-state index contributed by atoms with van der Waals surface area (Å²) < 4.78 is 10.4. The van der Waals surface area contributed by atoms with Gasteiger partial charge in [-0.2, -0.15) is 0 Å². The van der Waals surface area contributed by atoms with Crippen molar-refractivity contribution >= 4 is 11.2 Å². The topological polar surface area (TPSA) is 23.1 Å². The van der Waals surface area contributed by atoms with E-state index in [0.29, 0.717) is 0 Å². The van der Waals surface area contributed by atoms with E-state index in [1.54, 1.807) is 6.26 Å². The first-order valence-corrected chi connectivity index (χ1v) is 3.73. The molecule has 39 valence electrons. The van der Waals surface area contributed by atoms with Gasteiger partial charge in [0.2, 0.25) is 0 Å². The molecule has 0 aromatic rings. The molecule has 1 aliphatic rings. The van der Waals surface area contributed by atoms with Crippen LogP contribution in [0.3, 0.4) is 0 Å². The lowest BCUT2D eigenvalue weighted by Crippen LogP contribution is -2.06. The van der Waals surface area contributed by atoms with Crippen molar-refractivity contribution in [3.05, 3.63) is 17.4 Å². The van der Waals surface area contributed by atoms with Gasteiger partial charge in [0.25, 0.3) is 0 Å². The Labute approximate surface area is 46.6 Å². The highest BCUT2D eigenvalue weighted by Gasteiger charge is 2.14. The van der Waals surface area contributed by atoms with Gasteiger partial charge in [0, 0.05) is 6.42 Å². The van der Waals surface area contributed by atoms with E-state index in [2.05, 4.69) is 0 Å². The van der Waals surface area contributed by atoms with E-state index in [1.165, 1.54) is 0 Å². The van der Waals surface area contributed by atoms with Gasteiger partial charge in [0.15, 0.2) is 0 Å². The highest BCUT2D eigenvalue weighted by atomic mass is 32.2. The molecule has 0 aromatic carbocycles. The second kappa shape index (κ2) is 1.88. The Morgan fingerprint density at radius 3 is 2.43 bits per heavy atom. The van der Waals surface area contributed by atoms with Crippen LogP contribution in [0.1, 0.15) is 6.42 Å². The molecule has 1 rings (SSSR count). The summed E-state index contributed by atoms with van der Waals surface area (Å²) in [4.78, 5) is 1.00.